The van der Waals surface area contributed by atoms with Crippen LogP contribution in [-0.4, -0.2) is 12.6 Å². The number of carbonyl (C=O) groups excluding carboxylic acids is 1. The fraction of sp³-hybridized carbons (Fsp3) is 0.300. The monoisotopic (exact) mass is 228 g/mol. The maximum atomic E-state index is 11.4. The highest BCUT2D eigenvalue weighted by Crippen LogP contribution is 2.22. The zero-order valence-corrected chi connectivity index (χ0v) is 9.65. The number of ether oxygens (including phenoxy) is 1. The first kappa shape index (κ1) is 12.0. The zero-order chi connectivity index (χ0) is 11.3. The molecule has 0 saturated heterocycles. The normalized spacial score (nSPS) is 12.1. The lowest BCUT2D eigenvalue weighted by atomic mass is 10.3. The summed E-state index contributed by atoms with van der Waals surface area (Å²) in [4.78, 5) is 10.6. The van der Waals surface area contributed by atoms with Gasteiger partial charge in [-0.15, -0.1) is 0 Å². The number of hydrogen-bond donors (Lipinski definition) is 0. The molecular formula is C10H13O4P. The SMILES string of the molecule is CCO[PH](=O)c1ccc(OC(C)=O)cc1. The van der Waals surface area contributed by atoms with Crippen molar-refractivity contribution in [3.63, 3.8) is 0 Å². The molecule has 1 atom stereocenters. The molecule has 0 fully saturated rings. The molecule has 1 rings (SSSR count). The Balaban J connectivity index is 2.71. The van der Waals surface area contributed by atoms with E-state index in [2.05, 4.69) is 0 Å². The number of esters is 1. The highest BCUT2D eigenvalue weighted by molar-refractivity contribution is 7.48. The van der Waals surface area contributed by atoms with Crippen LogP contribution in [0.2, 0.25) is 0 Å². The van der Waals surface area contributed by atoms with E-state index in [0.29, 0.717) is 17.7 Å². The van der Waals surface area contributed by atoms with Crippen molar-refractivity contribution in [2.24, 2.45) is 0 Å². The molecule has 0 aliphatic heterocycles. The fourth-order valence-electron chi connectivity index (χ4n) is 1.04. The van der Waals surface area contributed by atoms with Crippen LogP contribution in [0.5, 0.6) is 5.75 Å². The van der Waals surface area contributed by atoms with Crippen LogP contribution >= 0.6 is 8.03 Å². The minimum atomic E-state index is -2.15. The van der Waals surface area contributed by atoms with Gasteiger partial charge in [-0.25, -0.2) is 0 Å². The van der Waals surface area contributed by atoms with Crippen LogP contribution in [0.1, 0.15) is 13.8 Å². The summed E-state index contributed by atoms with van der Waals surface area (Å²) in [6.45, 7) is 3.54. The van der Waals surface area contributed by atoms with E-state index in [-0.39, 0.29) is 5.97 Å². The van der Waals surface area contributed by atoms with E-state index in [0.717, 1.165) is 0 Å². The number of benzene rings is 1. The molecule has 0 heterocycles. The molecule has 4 nitrogen and oxygen atoms in total. The van der Waals surface area contributed by atoms with E-state index in [4.69, 9.17) is 9.26 Å². The van der Waals surface area contributed by atoms with E-state index in [1.165, 1.54) is 6.92 Å². The summed E-state index contributed by atoms with van der Waals surface area (Å²) >= 11 is 0. The van der Waals surface area contributed by atoms with Crippen LogP contribution in [0.3, 0.4) is 0 Å². The Morgan fingerprint density at radius 3 is 2.40 bits per heavy atom. The average Bonchev–Trinajstić information content (AvgIpc) is 2.18. The van der Waals surface area contributed by atoms with E-state index in [9.17, 15) is 9.36 Å². The first-order valence-corrected chi connectivity index (χ1v) is 5.90. The van der Waals surface area contributed by atoms with Gasteiger partial charge in [-0.05, 0) is 31.2 Å². The van der Waals surface area contributed by atoms with Crippen molar-refractivity contribution in [3.05, 3.63) is 24.3 Å². The molecule has 0 spiro atoms. The Hall–Kier alpha value is -1.12. The summed E-state index contributed by atoms with van der Waals surface area (Å²) in [6, 6.07) is 6.46. The lowest BCUT2D eigenvalue weighted by Crippen LogP contribution is -2.03. The summed E-state index contributed by atoms with van der Waals surface area (Å²) in [7, 11) is -2.15. The minimum absolute atomic E-state index is 0.375. The second kappa shape index (κ2) is 5.69. The molecule has 0 bridgehead atoms. The zero-order valence-electron chi connectivity index (χ0n) is 8.65. The molecule has 1 aromatic carbocycles. The predicted octanol–water partition coefficient (Wildman–Crippen LogP) is 1.75. The van der Waals surface area contributed by atoms with Crippen LogP contribution in [0.25, 0.3) is 0 Å². The van der Waals surface area contributed by atoms with Gasteiger partial charge >= 0.3 is 5.97 Å². The van der Waals surface area contributed by atoms with Gasteiger partial charge in [0, 0.05) is 12.2 Å². The van der Waals surface area contributed by atoms with Gasteiger partial charge in [-0.2, -0.15) is 0 Å². The lowest BCUT2D eigenvalue weighted by molar-refractivity contribution is -0.131. The van der Waals surface area contributed by atoms with Crippen molar-refractivity contribution < 1.29 is 18.6 Å². The van der Waals surface area contributed by atoms with Gasteiger partial charge in [0.2, 0.25) is 8.03 Å². The second-order valence-electron chi connectivity index (χ2n) is 2.84. The smallest absolute Gasteiger partial charge is 0.308 e. The van der Waals surface area contributed by atoms with Crippen LogP contribution in [0, 0.1) is 0 Å². The topological polar surface area (TPSA) is 52.6 Å². The van der Waals surface area contributed by atoms with Gasteiger partial charge in [0.15, 0.2) is 0 Å². The van der Waals surface area contributed by atoms with Gasteiger partial charge in [0.1, 0.15) is 5.75 Å². The summed E-state index contributed by atoms with van der Waals surface area (Å²) in [5.41, 5.74) is 0. The third kappa shape index (κ3) is 3.86. The van der Waals surface area contributed by atoms with Gasteiger partial charge in [-0.1, -0.05) is 0 Å². The third-order valence-electron chi connectivity index (χ3n) is 1.63. The van der Waals surface area contributed by atoms with Gasteiger partial charge in [0.05, 0.1) is 6.61 Å². The molecule has 15 heavy (non-hydrogen) atoms. The average molecular weight is 228 g/mol. The van der Waals surface area contributed by atoms with E-state index < -0.39 is 8.03 Å². The van der Waals surface area contributed by atoms with E-state index >= 15 is 0 Å². The molecule has 0 aromatic heterocycles. The lowest BCUT2D eigenvalue weighted by Gasteiger charge is -2.03. The summed E-state index contributed by atoms with van der Waals surface area (Å²) in [5.74, 6) is 0.0674. The fourth-order valence-corrected chi connectivity index (χ4v) is 1.91. The third-order valence-corrected chi connectivity index (χ3v) is 2.98. The van der Waals surface area contributed by atoms with Crippen LogP contribution in [0.4, 0.5) is 0 Å². The summed E-state index contributed by atoms with van der Waals surface area (Å²) < 4.78 is 21.3. The first-order valence-electron chi connectivity index (χ1n) is 4.59. The maximum absolute atomic E-state index is 11.4. The highest BCUT2D eigenvalue weighted by atomic mass is 31.1. The first-order chi connectivity index (χ1) is 7.13. The second-order valence-corrected chi connectivity index (χ2v) is 4.28. The molecule has 1 aromatic rings. The molecule has 5 heteroatoms. The summed E-state index contributed by atoms with van der Waals surface area (Å²) in [5, 5.41) is 0.623. The number of carbonyl (C=O) groups is 1. The predicted molar refractivity (Wildman–Crippen MR) is 58.0 cm³/mol. The maximum Gasteiger partial charge on any atom is 0.308 e. The Morgan fingerprint density at radius 1 is 1.33 bits per heavy atom. The van der Waals surface area contributed by atoms with Gasteiger partial charge in [-0.3, -0.25) is 9.36 Å². The van der Waals surface area contributed by atoms with Crippen molar-refractivity contribution >= 4 is 19.3 Å². The van der Waals surface area contributed by atoms with Crippen LogP contribution in [-0.2, 0) is 13.9 Å². The molecule has 1 unspecified atom stereocenters. The Bertz CT molecular complexity index is 358. The molecule has 0 amide bonds. The molecule has 0 aliphatic rings. The Labute approximate surface area is 89.1 Å². The van der Waals surface area contributed by atoms with E-state index in [1.54, 1.807) is 31.2 Å². The van der Waals surface area contributed by atoms with Crippen molar-refractivity contribution in [2.45, 2.75) is 13.8 Å². The Morgan fingerprint density at radius 2 is 1.93 bits per heavy atom. The van der Waals surface area contributed by atoms with Crippen molar-refractivity contribution in [1.29, 1.82) is 0 Å². The van der Waals surface area contributed by atoms with Crippen LogP contribution in [0.15, 0.2) is 24.3 Å². The molecule has 0 saturated carbocycles. The highest BCUT2D eigenvalue weighted by Gasteiger charge is 2.03. The molecule has 82 valence electrons. The van der Waals surface area contributed by atoms with Crippen molar-refractivity contribution in [3.8, 4) is 5.75 Å². The largest absolute Gasteiger partial charge is 0.427 e. The quantitative estimate of drug-likeness (QED) is 0.447. The molecule has 0 radical (unpaired) electrons. The van der Waals surface area contributed by atoms with Crippen LogP contribution < -0.4 is 10.0 Å². The molecular weight excluding hydrogens is 215 g/mol. The minimum Gasteiger partial charge on any atom is -0.427 e. The van der Waals surface area contributed by atoms with Gasteiger partial charge in [0.25, 0.3) is 0 Å². The molecule has 0 aliphatic carbocycles. The standard InChI is InChI=1S/C10H13O4P/c1-3-13-15(12)10-6-4-9(5-7-10)14-8(2)11/h4-7,15H,3H2,1-2H3. The van der Waals surface area contributed by atoms with Gasteiger partial charge < -0.3 is 9.26 Å². The number of rotatable bonds is 4. The van der Waals surface area contributed by atoms with E-state index in [1.807, 2.05) is 0 Å². The van der Waals surface area contributed by atoms with Crippen molar-refractivity contribution in [1.82, 2.24) is 0 Å². The Kier molecular flexibility index (Phi) is 4.53. The van der Waals surface area contributed by atoms with Crippen molar-refractivity contribution in [2.75, 3.05) is 6.61 Å². The summed E-state index contributed by atoms with van der Waals surface area (Å²) in [6.07, 6.45) is 0. The molecule has 0 N–H and O–H groups in total. The number of hydrogen-bond acceptors (Lipinski definition) is 4.